The van der Waals surface area contributed by atoms with Crippen molar-refractivity contribution in [2.75, 3.05) is 25.6 Å². The van der Waals surface area contributed by atoms with E-state index in [0.717, 1.165) is 19.2 Å². The van der Waals surface area contributed by atoms with E-state index < -0.39 is 22.0 Å². The molecule has 10 heteroatoms. The first-order valence-corrected chi connectivity index (χ1v) is 10.7. The van der Waals surface area contributed by atoms with Crippen LogP contribution in [0.15, 0.2) is 29.0 Å². The summed E-state index contributed by atoms with van der Waals surface area (Å²) in [5, 5.41) is 0. The number of sulfonamides is 1. The lowest BCUT2D eigenvalue weighted by Crippen LogP contribution is -2.38. The molecule has 1 aromatic carbocycles. The predicted octanol–water partition coefficient (Wildman–Crippen LogP) is 1.74. The molecule has 1 atom stereocenters. The van der Waals surface area contributed by atoms with Gasteiger partial charge in [-0.25, -0.2) is 18.1 Å². The fourth-order valence-corrected chi connectivity index (χ4v) is 4.43. The van der Waals surface area contributed by atoms with Gasteiger partial charge in [-0.1, -0.05) is 0 Å². The number of carbonyl (C=O) groups is 1. The van der Waals surface area contributed by atoms with Crippen LogP contribution < -0.4 is 14.2 Å². The summed E-state index contributed by atoms with van der Waals surface area (Å²) in [4.78, 5) is 16.4. The summed E-state index contributed by atoms with van der Waals surface area (Å²) >= 11 is 0. The van der Waals surface area contributed by atoms with Crippen LogP contribution in [-0.2, 0) is 14.8 Å². The molecule has 2 aliphatic rings. The molecule has 1 fully saturated rings. The number of hydrogen-bond acceptors (Lipinski definition) is 8. The zero-order valence-corrected chi connectivity index (χ0v) is 15.9. The molecule has 0 aliphatic carbocycles. The first kappa shape index (κ1) is 18.8. The Balaban J connectivity index is 1.51. The molecule has 1 unspecified atom stereocenters. The number of ether oxygens (including phenoxy) is 3. The molecule has 1 aromatic heterocycles. The number of hydrogen-bond donors (Lipinski definition) is 1. The van der Waals surface area contributed by atoms with E-state index in [0.29, 0.717) is 43.3 Å². The van der Waals surface area contributed by atoms with Crippen LogP contribution in [0.4, 0.5) is 0 Å². The quantitative estimate of drug-likeness (QED) is 0.795. The SMILES string of the molecule is O=C(NS(=O)(=O)CC1CCCCO1)c1ncoc1-c1ccc2c(c1)OCCO2. The molecule has 150 valence electrons. The van der Waals surface area contributed by atoms with Crippen molar-refractivity contribution in [2.24, 2.45) is 0 Å². The van der Waals surface area contributed by atoms with Crippen molar-refractivity contribution in [3.8, 4) is 22.8 Å². The average molecular weight is 408 g/mol. The second kappa shape index (κ2) is 7.80. The lowest BCUT2D eigenvalue weighted by molar-refractivity contribution is 0.0304. The Labute approximate surface area is 162 Å². The van der Waals surface area contributed by atoms with Gasteiger partial charge in [0.1, 0.15) is 13.2 Å². The van der Waals surface area contributed by atoms with Gasteiger partial charge in [-0.05, 0) is 37.5 Å². The monoisotopic (exact) mass is 408 g/mol. The van der Waals surface area contributed by atoms with Crippen molar-refractivity contribution >= 4 is 15.9 Å². The summed E-state index contributed by atoms with van der Waals surface area (Å²) in [6, 6.07) is 5.05. The van der Waals surface area contributed by atoms with Crippen molar-refractivity contribution < 1.29 is 31.8 Å². The lowest BCUT2D eigenvalue weighted by Gasteiger charge is -2.22. The maximum absolute atomic E-state index is 12.5. The van der Waals surface area contributed by atoms with Crippen molar-refractivity contribution in [1.29, 1.82) is 0 Å². The molecule has 9 nitrogen and oxygen atoms in total. The van der Waals surface area contributed by atoms with Gasteiger partial charge in [-0.2, -0.15) is 0 Å². The zero-order chi connectivity index (χ0) is 19.6. The maximum atomic E-state index is 12.5. The van der Waals surface area contributed by atoms with Gasteiger partial charge in [0.25, 0.3) is 5.91 Å². The highest BCUT2D eigenvalue weighted by Gasteiger charge is 2.27. The summed E-state index contributed by atoms with van der Waals surface area (Å²) in [7, 11) is -3.87. The summed E-state index contributed by atoms with van der Waals surface area (Å²) in [6.45, 7) is 1.41. The van der Waals surface area contributed by atoms with Crippen molar-refractivity contribution in [3.63, 3.8) is 0 Å². The van der Waals surface area contributed by atoms with E-state index in [4.69, 9.17) is 18.6 Å². The average Bonchev–Trinajstić information content (AvgIpc) is 3.18. The van der Waals surface area contributed by atoms with E-state index in [1.807, 2.05) is 0 Å². The Bertz CT molecular complexity index is 964. The van der Waals surface area contributed by atoms with Gasteiger partial charge in [-0.3, -0.25) is 4.79 Å². The van der Waals surface area contributed by atoms with E-state index in [1.54, 1.807) is 18.2 Å². The smallest absolute Gasteiger partial charge is 0.287 e. The van der Waals surface area contributed by atoms with Crippen LogP contribution in [0, 0.1) is 0 Å². The summed E-state index contributed by atoms with van der Waals surface area (Å²) < 4.78 is 48.5. The maximum Gasteiger partial charge on any atom is 0.287 e. The van der Waals surface area contributed by atoms with E-state index in [2.05, 4.69) is 9.71 Å². The molecule has 1 N–H and O–H groups in total. The molecule has 1 saturated heterocycles. The van der Waals surface area contributed by atoms with Crippen LogP contribution in [0.25, 0.3) is 11.3 Å². The molecule has 0 spiro atoms. The van der Waals surface area contributed by atoms with Crippen molar-refractivity contribution in [3.05, 3.63) is 30.3 Å². The third-order valence-corrected chi connectivity index (χ3v) is 5.82. The number of fused-ring (bicyclic) bond motifs is 1. The van der Waals surface area contributed by atoms with Crippen molar-refractivity contribution in [1.82, 2.24) is 9.71 Å². The fourth-order valence-electron chi connectivity index (χ4n) is 3.21. The number of nitrogens with zero attached hydrogens (tertiary/aromatic N) is 1. The topological polar surface area (TPSA) is 117 Å². The van der Waals surface area contributed by atoms with Gasteiger partial charge in [0.05, 0.1) is 11.9 Å². The normalized spacial score (nSPS) is 19.2. The molecule has 0 radical (unpaired) electrons. The minimum absolute atomic E-state index is 0.121. The largest absolute Gasteiger partial charge is 0.486 e. The standard InChI is InChI=1S/C18H20N2O7S/c21-18(20-28(22,23)10-13-3-1-2-6-24-13)16-17(27-11-19-16)12-4-5-14-15(9-12)26-8-7-25-14/h4-5,9,11,13H,1-3,6-8,10H2,(H,20,21). The zero-order valence-electron chi connectivity index (χ0n) is 15.0. The Morgan fingerprint density at radius 1 is 1.14 bits per heavy atom. The van der Waals surface area contributed by atoms with Crippen LogP contribution in [0.1, 0.15) is 29.8 Å². The first-order chi connectivity index (χ1) is 13.5. The Kier molecular flexibility index (Phi) is 5.23. The number of rotatable bonds is 5. The molecule has 4 rings (SSSR count). The number of oxazole rings is 1. The molecule has 3 heterocycles. The molecule has 2 aliphatic heterocycles. The lowest BCUT2D eigenvalue weighted by atomic mass is 10.1. The number of nitrogens with one attached hydrogen (secondary N) is 1. The molecule has 0 saturated carbocycles. The number of carbonyl (C=O) groups excluding carboxylic acids is 1. The fraction of sp³-hybridized carbons (Fsp3) is 0.444. The molecular weight excluding hydrogens is 388 g/mol. The van der Waals surface area contributed by atoms with Crippen LogP contribution >= 0.6 is 0 Å². The van der Waals surface area contributed by atoms with Gasteiger partial charge in [0.2, 0.25) is 10.0 Å². The second-order valence-corrected chi connectivity index (χ2v) is 8.36. The molecule has 0 bridgehead atoms. The third-order valence-electron chi connectivity index (χ3n) is 4.51. The van der Waals surface area contributed by atoms with Crippen LogP contribution in [0.3, 0.4) is 0 Å². The molecule has 28 heavy (non-hydrogen) atoms. The van der Waals surface area contributed by atoms with Crippen LogP contribution in [-0.4, -0.2) is 51.0 Å². The summed E-state index contributed by atoms with van der Waals surface area (Å²) in [5.74, 6) is 0.146. The third kappa shape index (κ3) is 4.12. The highest BCUT2D eigenvalue weighted by molar-refractivity contribution is 7.90. The van der Waals surface area contributed by atoms with Crippen LogP contribution in [0.5, 0.6) is 11.5 Å². The van der Waals surface area contributed by atoms with E-state index in [1.165, 1.54) is 0 Å². The van der Waals surface area contributed by atoms with E-state index in [-0.39, 0.29) is 17.2 Å². The number of amides is 1. The van der Waals surface area contributed by atoms with Crippen molar-refractivity contribution in [2.45, 2.75) is 25.4 Å². The van der Waals surface area contributed by atoms with Gasteiger partial charge < -0.3 is 18.6 Å². The second-order valence-electron chi connectivity index (χ2n) is 6.59. The molecule has 1 amide bonds. The van der Waals surface area contributed by atoms with E-state index >= 15 is 0 Å². The minimum atomic E-state index is -3.87. The molecular formula is C18H20N2O7S. The first-order valence-electron chi connectivity index (χ1n) is 9.02. The number of benzene rings is 1. The van der Waals surface area contributed by atoms with Gasteiger partial charge in [-0.15, -0.1) is 0 Å². The summed E-state index contributed by atoms with van der Waals surface area (Å²) in [5.41, 5.74) is 0.407. The highest BCUT2D eigenvalue weighted by Crippen LogP contribution is 2.35. The van der Waals surface area contributed by atoms with Gasteiger partial charge in [0.15, 0.2) is 29.3 Å². The number of aromatic nitrogens is 1. The summed E-state index contributed by atoms with van der Waals surface area (Å²) in [6.07, 6.45) is 3.17. The Hall–Kier alpha value is -2.59. The van der Waals surface area contributed by atoms with Crippen LogP contribution in [0.2, 0.25) is 0 Å². The van der Waals surface area contributed by atoms with Gasteiger partial charge in [0, 0.05) is 12.2 Å². The van der Waals surface area contributed by atoms with Gasteiger partial charge >= 0.3 is 0 Å². The van der Waals surface area contributed by atoms with E-state index in [9.17, 15) is 13.2 Å². The molecule has 2 aromatic rings. The minimum Gasteiger partial charge on any atom is -0.486 e. The highest BCUT2D eigenvalue weighted by atomic mass is 32.2. The Morgan fingerprint density at radius 2 is 1.96 bits per heavy atom. The predicted molar refractivity (Wildman–Crippen MR) is 97.8 cm³/mol. The Morgan fingerprint density at radius 3 is 2.75 bits per heavy atom.